The summed E-state index contributed by atoms with van der Waals surface area (Å²) in [6.45, 7) is 4.27. The maximum atomic E-state index is 14.0. The number of halogens is 1. The molecule has 0 bridgehead atoms. The van der Waals surface area contributed by atoms with E-state index in [0.29, 0.717) is 30.0 Å². The summed E-state index contributed by atoms with van der Waals surface area (Å²) in [6, 6.07) is 13.8. The highest BCUT2D eigenvalue weighted by atomic mass is 19.1. The van der Waals surface area contributed by atoms with E-state index in [-0.39, 0.29) is 18.1 Å². The van der Waals surface area contributed by atoms with Crippen molar-refractivity contribution in [1.82, 2.24) is 20.3 Å². The summed E-state index contributed by atoms with van der Waals surface area (Å²) in [4.78, 5) is 15.7. The van der Waals surface area contributed by atoms with Crippen LogP contribution in [0.2, 0.25) is 0 Å². The van der Waals surface area contributed by atoms with E-state index in [4.69, 9.17) is 0 Å². The summed E-state index contributed by atoms with van der Waals surface area (Å²) >= 11 is 0. The molecule has 1 aliphatic rings. The third kappa shape index (κ3) is 5.79. The molecule has 0 unspecified atom stereocenters. The fourth-order valence-corrected chi connectivity index (χ4v) is 3.33. The molecule has 1 fully saturated rings. The van der Waals surface area contributed by atoms with Crippen LogP contribution in [0.1, 0.15) is 11.1 Å². The SMILES string of the molecule is Oc1ccc(CCNc2nc(NCc3ccccc3F)nc(N3CCNCC3)n2)cc1. The molecule has 1 aromatic heterocycles. The molecule has 3 aromatic rings. The van der Waals surface area contributed by atoms with Crippen LogP contribution in [0.5, 0.6) is 5.75 Å². The summed E-state index contributed by atoms with van der Waals surface area (Å²) in [5.41, 5.74) is 1.65. The molecule has 1 aliphatic heterocycles. The van der Waals surface area contributed by atoms with Crippen molar-refractivity contribution in [1.29, 1.82) is 0 Å². The lowest BCUT2D eigenvalue weighted by Gasteiger charge is -2.27. The summed E-state index contributed by atoms with van der Waals surface area (Å²) in [6.07, 6.45) is 0.757. The Morgan fingerprint density at radius 2 is 1.65 bits per heavy atom. The van der Waals surface area contributed by atoms with E-state index in [9.17, 15) is 9.50 Å². The number of rotatable bonds is 8. The number of aromatic nitrogens is 3. The van der Waals surface area contributed by atoms with Crippen molar-refractivity contribution in [3.05, 3.63) is 65.5 Å². The van der Waals surface area contributed by atoms with E-state index in [1.165, 1.54) is 6.07 Å². The molecule has 4 rings (SSSR count). The molecule has 9 heteroatoms. The number of hydrogen-bond acceptors (Lipinski definition) is 8. The van der Waals surface area contributed by atoms with Gasteiger partial charge >= 0.3 is 0 Å². The number of aromatic hydroxyl groups is 1. The van der Waals surface area contributed by atoms with Crippen molar-refractivity contribution < 1.29 is 9.50 Å². The van der Waals surface area contributed by atoms with Gasteiger partial charge in [-0.25, -0.2) is 4.39 Å². The number of anilines is 3. The van der Waals surface area contributed by atoms with Gasteiger partial charge in [0.15, 0.2) is 0 Å². The van der Waals surface area contributed by atoms with Crippen LogP contribution in [0.4, 0.5) is 22.2 Å². The predicted molar refractivity (Wildman–Crippen MR) is 119 cm³/mol. The van der Waals surface area contributed by atoms with Gasteiger partial charge in [0.25, 0.3) is 0 Å². The number of nitrogens with one attached hydrogen (secondary N) is 3. The highest BCUT2D eigenvalue weighted by molar-refractivity contribution is 5.44. The fraction of sp³-hybridized carbons (Fsp3) is 0.318. The largest absolute Gasteiger partial charge is 0.508 e. The van der Waals surface area contributed by atoms with Crippen molar-refractivity contribution >= 4 is 17.8 Å². The van der Waals surface area contributed by atoms with Crippen LogP contribution in [0.25, 0.3) is 0 Å². The van der Waals surface area contributed by atoms with E-state index in [1.807, 2.05) is 12.1 Å². The Kier molecular flexibility index (Phi) is 6.73. The minimum atomic E-state index is -0.265. The van der Waals surface area contributed by atoms with Crippen LogP contribution >= 0.6 is 0 Å². The first kappa shape index (κ1) is 20.8. The Bertz CT molecular complexity index is 993. The van der Waals surface area contributed by atoms with Gasteiger partial charge in [0.05, 0.1) is 0 Å². The first-order valence-electron chi connectivity index (χ1n) is 10.4. The van der Waals surface area contributed by atoms with E-state index in [1.54, 1.807) is 30.3 Å². The van der Waals surface area contributed by atoms with Crippen LogP contribution in [0.15, 0.2) is 48.5 Å². The van der Waals surface area contributed by atoms with Gasteiger partial charge in [-0.15, -0.1) is 0 Å². The zero-order chi connectivity index (χ0) is 21.5. The molecule has 0 aliphatic carbocycles. The van der Waals surface area contributed by atoms with E-state index >= 15 is 0 Å². The Balaban J connectivity index is 1.46. The minimum absolute atomic E-state index is 0.250. The topological polar surface area (TPSA) is 98.2 Å². The lowest BCUT2D eigenvalue weighted by Crippen LogP contribution is -2.44. The first-order chi connectivity index (χ1) is 15.2. The van der Waals surface area contributed by atoms with Crippen LogP contribution in [-0.4, -0.2) is 52.8 Å². The minimum Gasteiger partial charge on any atom is -0.508 e. The summed E-state index contributed by atoms with van der Waals surface area (Å²) in [7, 11) is 0. The first-order valence-corrected chi connectivity index (χ1v) is 10.4. The zero-order valence-electron chi connectivity index (χ0n) is 17.2. The standard InChI is InChI=1S/C22H26FN7O/c23-19-4-2-1-3-17(19)15-26-21-27-20(25-10-9-16-5-7-18(31)8-6-16)28-22(29-21)30-13-11-24-12-14-30/h1-8,24,31H,9-15H2,(H2,25,26,27,28,29). The van der Waals surface area contributed by atoms with Gasteiger partial charge in [-0.3, -0.25) is 0 Å². The summed E-state index contributed by atoms with van der Waals surface area (Å²) < 4.78 is 14.0. The number of nitrogens with zero attached hydrogens (tertiary/aromatic N) is 4. The molecular weight excluding hydrogens is 397 g/mol. The Morgan fingerprint density at radius 1 is 0.935 bits per heavy atom. The van der Waals surface area contributed by atoms with Crippen molar-refractivity contribution in [3.63, 3.8) is 0 Å². The molecular formula is C22H26FN7O. The fourth-order valence-electron chi connectivity index (χ4n) is 3.33. The maximum Gasteiger partial charge on any atom is 0.232 e. The molecule has 0 amide bonds. The summed E-state index contributed by atoms with van der Waals surface area (Å²) in [5, 5.41) is 19.1. The second-order valence-corrected chi connectivity index (χ2v) is 7.31. The molecule has 4 N–H and O–H groups in total. The second-order valence-electron chi connectivity index (χ2n) is 7.31. The van der Waals surface area contributed by atoms with Crippen LogP contribution < -0.4 is 20.9 Å². The van der Waals surface area contributed by atoms with Crippen molar-refractivity contribution in [2.24, 2.45) is 0 Å². The molecule has 0 saturated carbocycles. The van der Waals surface area contributed by atoms with Gasteiger partial charge < -0.3 is 26.0 Å². The Morgan fingerprint density at radius 3 is 2.39 bits per heavy atom. The number of hydrogen-bond donors (Lipinski definition) is 4. The van der Waals surface area contributed by atoms with Crippen molar-refractivity contribution in [2.75, 3.05) is 48.3 Å². The predicted octanol–water partition coefficient (Wildman–Crippen LogP) is 2.39. The van der Waals surface area contributed by atoms with E-state index in [2.05, 4.69) is 35.8 Å². The third-order valence-corrected chi connectivity index (χ3v) is 5.05. The van der Waals surface area contributed by atoms with Gasteiger partial charge in [0.1, 0.15) is 11.6 Å². The van der Waals surface area contributed by atoms with Gasteiger partial charge in [0, 0.05) is 44.8 Å². The molecule has 31 heavy (non-hydrogen) atoms. The molecule has 2 heterocycles. The second kappa shape index (κ2) is 10.0. The average Bonchev–Trinajstić information content (AvgIpc) is 2.80. The maximum absolute atomic E-state index is 14.0. The van der Waals surface area contributed by atoms with E-state index in [0.717, 1.165) is 38.2 Å². The van der Waals surface area contributed by atoms with E-state index < -0.39 is 0 Å². The molecule has 0 spiro atoms. The Hall–Kier alpha value is -3.46. The van der Waals surface area contributed by atoms with Crippen molar-refractivity contribution in [2.45, 2.75) is 13.0 Å². The number of phenolic OH excluding ortho intramolecular Hbond substituents is 1. The average molecular weight is 423 g/mol. The lowest BCUT2D eigenvalue weighted by molar-refractivity contribution is 0.475. The Labute approximate surface area is 180 Å². The van der Waals surface area contributed by atoms with Crippen molar-refractivity contribution in [3.8, 4) is 5.75 Å². The van der Waals surface area contributed by atoms with Crippen LogP contribution in [0.3, 0.4) is 0 Å². The van der Waals surface area contributed by atoms with Gasteiger partial charge in [-0.2, -0.15) is 15.0 Å². The number of piperazine rings is 1. The lowest BCUT2D eigenvalue weighted by atomic mass is 10.1. The highest BCUT2D eigenvalue weighted by Gasteiger charge is 2.16. The monoisotopic (exact) mass is 423 g/mol. The van der Waals surface area contributed by atoms with Gasteiger partial charge in [-0.1, -0.05) is 30.3 Å². The number of phenols is 1. The summed E-state index contributed by atoms with van der Waals surface area (Å²) in [5.74, 6) is 1.45. The molecule has 8 nitrogen and oxygen atoms in total. The molecule has 2 aromatic carbocycles. The molecule has 162 valence electrons. The van der Waals surface area contributed by atoms with Gasteiger partial charge in [-0.05, 0) is 30.2 Å². The highest BCUT2D eigenvalue weighted by Crippen LogP contribution is 2.16. The van der Waals surface area contributed by atoms with Gasteiger partial charge in [0.2, 0.25) is 17.8 Å². The van der Waals surface area contributed by atoms with Crippen LogP contribution in [0, 0.1) is 5.82 Å². The number of benzene rings is 2. The van der Waals surface area contributed by atoms with Crippen LogP contribution in [-0.2, 0) is 13.0 Å². The third-order valence-electron chi connectivity index (χ3n) is 5.05. The molecule has 1 saturated heterocycles. The quantitative estimate of drug-likeness (QED) is 0.439. The smallest absolute Gasteiger partial charge is 0.232 e. The zero-order valence-corrected chi connectivity index (χ0v) is 17.2. The molecule has 0 radical (unpaired) electrons. The molecule has 0 atom stereocenters. The normalized spacial score (nSPS) is 13.8.